The number of rotatable bonds is 2. The molecule has 0 bridgehead atoms. The molecule has 0 saturated carbocycles. The lowest BCUT2D eigenvalue weighted by Crippen LogP contribution is -2.04. The minimum Gasteiger partial charge on any atom is -0.480 e. The molecule has 41 valence electrons. The van der Waals surface area contributed by atoms with Crippen molar-refractivity contribution < 1.29 is 9.90 Å². The van der Waals surface area contributed by atoms with Crippen molar-refractivity contribution in [3.63, 3.8) is 0 Å². The van der Waals surface area contributed by atoms with Gasteiger partial charge in [-0.3, -0.25) is 4.79 Å². The predicted molar refractivity (Wildman–Crippen MR) is 27.5 cm³/mol. The van der Waals surface area contributed by atoms with E-state index in [2.05, 4.69) is 0 Å². The van der Waals surface area contributed by atoms with E-state index in [0.717, 1.165) is 0 Å². The molecule has 1 N–H and O–H groups in total. The van der Waals surface area contributed by atoms with Gasteiger partial charge in [0.15, 0.2) is 5.38 Å². The van der Waals surface area contributed by atoms with Crippen molar-refractivity contribution >= 4 is 29.2 Å². The van der Waals surface area contributed by atoms with Crippen LogP contribution in [0.4, 0.5) is 0 Å². The summed E-state index contributed by atoms with van der Waals surface area (Å²) in [6.07, 6.45) is 0. The third-order valence-corrected chi connectivity index (χ3v) is 1.05. The molecule has 4 heteroatoms. The number of aliphatic carboxylic acids is 1. The van der Waals surface area contributed by atoms with Crippen molar-refractivity contribution in [1.82, 2.24) is 0 Å². The Labute approximate surface area is 51.0 Å². The lowest BCUT2D eigenvalue weighted by atomic mass is 10.5. The van der Waals surface area contributed by atoms with Crippen LogP contribution < -0.4 is 0 Å². The molecule has 0 aromatic heterocycles. The summed E-state index contributed by atoms with van der Waals surface area (Å²) in [7, 11) is 0. The van der Waals surface area contributed by atoms with Gasteiger partial charge in [0.1, 0.15) is 0 Å². The molecule has 0 aromatic rings. The molecule has 0 amide bonds. The van der Waals surface area contributed by atoms with E-state index in [1.165, 1.54) is 0 Å². The Morgan fingerprint density at radius 2 is 2.14 bits per heavy atom. The Morgan fingerprint density at radius 1 is 1.71 bits per heavy atom. The van der Waals surface area contributed by atoms with Crippen molar-refractivity contribution in [2.75, 3.05) is 5.88 Å². The Hall–Kier alpha value is 0.0500. The molecule has 0 saturated heterocycles. The average molecular weight is 142 g/mol. The first-order valence-electron chi connectivity index (χ1n) is 1.49. The lowest BCUT2D eigenvalue weighted by Gasteiger charge is -1.90. The van der Waals surface area contributed by atoms with Crippen LogP contribution in [0.25, 0.3) is 0 Å². The summed E-state index contributed by atoms with van der Waals surface area (Å²) in [6, 6.07) is 0. The molecule has 0 aliphatic rings. The first kappa shape index (κ1) is 7.05. The van der Waals surface area contributed by atoms with Gasteiger partial charge in [-0.05, 0) is 0 Å². The third kappa shape index (κ3) is 2.71. The van der Waals surface area contributed by atoms with Gasteiger partial charge in [0.2, 0.25) is 0 Å². The third-order valence-electron chi connectivity index (χ3n) is 0.349. The van der Waals surface area contributed by atoms with E-state index >= 15 is 0 Å². The Kier molecular flexibility index (Phi) is 3.13. The molecule has 7 heavy (non-hydrogen) atoms. The number of hydrogen-bond acceptors (Lipinski definition) is 1. The summed E-state index contributed by atoms with van der Waals surface area (Å²) >= 11 is 9.98. The first-order chi connectivity index (χ1) is 3.18. The standard InChI is InChI=1S/C3H3Cl2O2/c4-1-2(5)3(6)7/h1H2,(H,6,7). The van der Waals surface area contributed by atoms with Crippen molar-refractivity contribution in [2.45, 2.75) is 0 Å². The van der Waals surface area contributed by atoms with Crippen LogP contribution in [0, 0.1) is 5.38 Å². The highest BCUT2D eigenvalue weighted by atomic mass is 35.5. The second kappa shape index (κ2) is 3.10. The van der Waals surface area contributed by atoms with Crippen LogP contribution >= 0.6 is 23.2 Å². The molecule has 0 aliphatic carbocycles. The van der Waals surface area contributed by atoms with Crippen LogP contribution in [0.1, 0.15) is 0 Å². The maximum Gasteiger partial charge on any atom is 0.328 e. The van der Waals surface area contributed by atoms with Gasteiger partial charge in [-0.2, -0.15) is 0 Å². The van der Waals surface area contributed by atoms with Gasteiger partial charge in [0, 0.05) is 0 Å². The van der Waals surface area contributed by atoms with Crippen LogP contribution in [0.3, 0.4) is 0 Å². The van der Waals surface area contributed by atoms with Gasteiger partial charge < -0.3 is 5.11 Å². The van der Waals surface area contributed by atoms with E-state index in [9.17, 15) is 4.79 Å². The molecule has 2 nitrogen and oxygen atoms in total. The molecule has 0 spiro atoms. The fraction of sp³-hybridized carbons (Fsp3) is 0.333. The smallest absolute Gasteiger partial charge is 0.328 e. The lowest BCUT2D eigenvalue weighted by molar-refractivity contribution is -0.133. The molecule has 0 heterocycles. The maximum absolute atomic E-state index is 9.68. The summed E-state index contributed by atoms with van der Waals surface area (Å²) < 4.78 is 0. The minimum atomic E-state index is -1.16. The zero-order valence-corrected chi connectivity index (χ0v) is 4.83. The molecule has 1 radical (unpaired) electrons. The molecule has 0 rings (SSSR count). The Morgan fingerprint density at radius 3 is 2.14 bits per heavy atom. The minimum absolute atomic E-state index is 0.128. The fourth-order valence-corrected chi connectivity index (χ4v) is 0.171. The summed E-state index contributed by atoms with van der Waals surface area (Å²) in [6.45, 7) is 0. The van der Waals surface area contributed by atoms with E-state index in [-0.39, 0.29) is 11.3 Å². The summed E-state index contributed by atoms with van der Waals surface area (Å²) in [5.41, 5.74) is 0. The largest absolute Gasteiger partial charge is 0.480 e. The zero-order chi connectivity index (χ0) is 5.86. The molecular weight excluding hydrogens is 139 g/mol. The molecule has 0 atom stereocenters. The molecule has 0 unspecified atom stereocenters. The molecule has 0 aromatic carbocycles. The number of carboxylic acid groups (broad SMARTS) is 1. The quantitative estimate of drug-likeness (QED) is 0.585. The Bertz CT molecular complexity index is 73.3. The highest BCUT2D eigenvalue weighted by Gasteiger charge is 2.11. The maximum atomic E-state index is 9.68. The number of alkyl halides is 1. The van der Waals surface area contributed by atoms with Gasteiger partial charge >= 0.3 is 5.97 Å². The topological polar surface area (TPSA) is 37.3 Å². The molecule has 0 fully saturated rings. The summed E-state index contributed by atoms with van der Waals surface area (Å²) in [5, 5.41) is 7.68. The van der Waals surface area contributed by atoms with Gasteiger partial charge in [0.25, 0.3) is 0 Å². The molecular formula is C3H3Cl2O2. The normalized spacial score (nSPS) is 9.57. The van der Waals surface area contributed by atoms with Crippen LogP contribution in [0.5, 0.6) is 0 Å². The van der Waals surface area contributed by atoms with Crippen molar-refractivity contribution in [2.24, 2.45) is 0 Å². The Balaban J connectivity index is 3.34. The van der Waals surface area contributed by atoms with Gasteiger partial charge in [-0.15, -0.1) is 23.2 Å². The van der Waals surface area contributed by atoms with Crippen LogP contribution in [0.2, 0.25) is 0 Å². The highest BCUT2D eigenvalue weighted by Crippen LogP contribution is 2.06. The van der Waals surface area contributed by atoms with Crippen molar-refractivity contribution in [1.29, 1.82) is 0 Å². The first-order valence-corrected chi connectivity index (χ1v) is 2.40. The van der Waals surface area contributed by atoms with E-state index in [1.807, 2.05) is 0 Å². The summed E-state index contributed by atoms with van der Waals surface area (Å²) in [4.78, 5) is 9.68. The van der Waals surface area contributed by atoms with E-state index in [4.69, 9.17) is 28.3 Å². The van der Waals surface area contributed by atoms with Crippen LogP contribution in [-0.2, 0) is 4.79 Å². The molecule has 0 aliphatic heterocycles. The monoisotopic (exact) mass is 141 g/mol. The van der Waals surface area contributed by atoms with Crippen LogP contribution in [-0.4, -0.2) is 17.0 Å². The van der Waals surface area contributed by atoms with Crippen molar-refractivity contribution in [3.8, 4) is 0 Å². The highest BCUT2D eigenvalue weighted by molar-refractivity contribution is 6.42. The van der Waals surface area contributed by atoms with Gasteiger partial charge in [-0.25, -0.2) is 0 Å². The van der Waals surface area contributed by atoms with Gasteiger partial charge in [-0.1, -0.05) is 0 Å². The zero-order valence-electron chi connectivity index (χ0n) is 3.32. The van der Waals surface area contributed by atoms with Gasteiger partial charge in [0.05, 0.1) is 5.88 Å². The predicted octanol–water partition coefficient (Wildman–Crippen LogP) is 1.08. The average Bonchev–Trinajstić information content (AvgIpc) is 1.65. The summed E-state index contributed by atoms with van der Waals surface area (Å²) in [5.74, 6) is -1.28. The van der Waals surface area contributed by atoms with E-state index < -0.39 is 5.97 Å². The number of carbonyl (C=O) groups is 1. The number of halogens is 2. The van der Waals surface area contributed by atoms with Crippen molar-refractivity contribution in [3.05, 3.63) is 5.38 Å². The SMILES string of the molecule is O=C(O)[C](Cl)CCl. The van der Waals surface area contributed by atoms with Crippen LogP contribution in [0.15, 0.2) is 0 Å². The fourth-order valence-electron chi connectivity index (χ4n) is 0.0572. The second-order valence-electron chi connectivity index (χ2n) is 0.844. The second-order valence-corrected chi connectivity index (χ2v) is 1.57. The number of hydrogen-bond donors (Lipinski definition) is 1. The van der Waals surface area contributed by atoms with E-state index in [0.29, 0.717) is 0 Å². The van der Waals surface area contributed by atoms with E-state index in [1.54, 1.807) is 0 Å². The number of carboxylic acids is 1.